The molecule has 0 amide bonds. The van der Waals surface area contributed by atoms with E-state index >= 15 is 0 Å². The Labute approximate surface area is 157 Å². The van der Waals surface area contributed by atoms with Crippen molar-refractivity contribution < 1.29 is 0 Å². The van der Waals surface area contributed by atoms with Gasteiger partial charge in [-0.1, -0.05) is 77.6 Å². The van der Waals surface area contributed by atoms with E-state index in [9.17, 15) is 0 Å². The van der Waals surface area contributed by atoms with Crippen LogP contribution in [0.25, 0.3) is 0 Å². The lowest BCUT2D eigenvalue weighted by Gasteiger charge is -2.27. The fourth-order valence-corrected chi connectivity index (χ4v) is 6.76. The number of nitrogens with two attached hydrogens (primary N) is 1. The molecule has 5 unspecified atom stereocenters. The molecule has 0 saturated heterocycles. The normalized spacial score (nSPS) is 35.3. The first kappa shape index (κ1) is 19.7. The van der Waals surface area contributed by atoms with Crippen molar-refractivity contribution in [2.45, 2.75) is 110 Å². The molecule has 0 aliphatic heterocycles. The average Bonchev–Trinajstić information content (AvgIpc) is 3.28. The summed E-state index contributed by atoms with van der Waals surface area (Å²) < 4.78 is 0. The lowest BCUT2D eigenvalue weighted by atomic mass is 9.78. The summed E-state index contributed by atoms with van der Waals surface area (Å²) in [5.41, 5.74) is 5.92. The smallest absolute Gasteiger partial charge is 0.00745 e. The minimum absolute atomic E-state index is 0.904. The molecule has 25 heavy (non-hydrogen) atoms. The standard InChI is InChI=1S/C24H45N/c1-19-11-13-23(17-19)22(15-16-25)10-6-5-7-20-12-14-24(18-20)21-8-3-2-4-9-21/h19-24H,2-18,25H2,1H3. The maximum Gasteiger partial charge on any atom is -0.00745 e. The van der Waals surface area contributed by atoms with Crippen LogP contribution in [-0.2, 0) is 0 Å². The van der Waals surface area contributed by atoms with E-state index in [4.69, 9.17) is 5.73 Å². The van der Waals surface area contributed by atoms with Crippen LogP contribution in [0.15, 0.2) is 0 Å². The Morgan fingerprint density at radius 2 is 1.64 bits per heavy atom. The van der Waals surface area contributed by atoms with Crippen LogP contribution in [0.3, 0.4) is 0 Å². The van der Waals surface area contributed by atoms with E-state index in [-0.39, 0.29) is 0 Å². The van der Waals surface area contributed by atoms with E-state index < -0.39 is 0 Å². The molecule has 5 atom stereocenters. The number of hydrogen-bond acceptors (Lipinski definition) is 1. The first-order valence-electron chi connectivity index (χ1n) is 12.0. The van der Waals surface area contributed by atoms with Gasteiger partial charge in [0.25, 0.3) is 0 Å². The highest BCUT2D eigenvalue weighted by Gasteiger charge is 2.31. The van der Waals surface area contributed by atoms with Gasteiger partial charge in [-0.05, 0) is 74.2 Å². The van der Waals surface area contributed by atoms with E-state index in [0.717, 1.165) is 42.1 Å². The number of rotatable bonds is 9. The van der Waals surface area contributed by atoms with Gasteiger partial charge in [-0.3, -0.25) is 0 Å². The summed E-state index contributed by atoms with van der Waals surface area (Å²) in [6.07, 6.45) is 24.0. The molecular weight excluding hydrogens is 302 g/mol. The molecule has 3 fully saturated rings. The third kappa shape index (κ3) is 5.98. The first-order chi connectivity index (χ1) is 12.3. The van der Waals surface area contributed by atoms with Crippen molar-refractivity contribution in [3.8, 4) is 0 Å². The molecular formula is C24H45N. The molecule has 0 spiro atoms. The highest BCUT2D eigenvalue weighted by Crippen LogP contribution is 2.44. The molecule has 3 saturated carbocycles. The van der Waals surface area contributed by atoms with Gasteiger partial charge in [0.1, 0.15) is 0 Å². The van der Waals surface area contributed by atoms with Gasteiger partial charge in [0.15, 0.2) is 0 Å². The predicted molar refractivity (Wildman–Crippen MR) is 110 cm³/mol. The van der Waals surface area contributed by atoms with Crippen LogP contribution in [0.2, 0.25) is 0 Å². The second kappa shape index (κ2) is 10.3. The van der Waals surface area contributed by atoms with Gasteiger partial charge in [0.2, 0.25) is 0 Å². The van der Waals surface area contributed by atoms with Crippen LogP contribution in [0, 0.1) is 35.5 Å². The van der Waals surface area contributed by atoms with Crippen LogP contribution in [0.5, 0.6) is 0 Å². The third-order valence-electron chi connectivity index (χ3n) is 8.28. The van der Waals surface area contributed by atoms with E-state index in [1.165, 1.54) is 70.6 Å². The van der Waals surface area contributed by atoms with Crippen molar-refractivity contribution in [3.63, 3.8) is 0 Å². The van der Waals surface area contributed by atoms with Gasteiger partial charge in [0.05, 0.1) is 0 Å². The quantitative estimate of drug-likeness (QED) is 0.449. The molecule has 0 aromatic carbocycles. The minimum Gasteiger partial charge on any atom is -0.330 e. The molecule has 0 aromatic heterocycles. The Morgan fingerprint density at radius 1 is 0.800 bits per heavy atom. The van der Waals surface area contributed by atoms with Gasteiger partial charge in [0, 0.05) is 0 Å². The zero-order valence-electron chi connectivity index (χ0n) is 17.1. The molecule has 0 aromatic rings. The third-order valence-corrected chi connectivity index (χ3v) is 8.28. The second-order valence-corrected chi connectivity index (χ2v) is 10.1. The molecule has 3 rings (SSSR count). The molecule has 3 aliphatic carbocycles. The van der Waals surface area contributed by atoms with Crippen LogP contribution in [0.4, 0.5) is 0 Å². The van der Waals surface area contributed by atoms with Crippen LogP contribution >= 0.6 is 0 Å². The van der Waals surface area contributed by atoms with Crippen LogP contribution < -0.4 is 5.73 Å². The van der Waals surface area contributed by atoms with Gasteiger partial charge in [-0.15, -0.1) is 0 Å². The van der Waals surface area contributed by atoms with Crippen molar-refractivity contribution in [2.75, 3.05) is 6.54 Å². The largest absolute Gasteiger partial charge is 0.330 e. The van der Waals surface area contributed by atoms with Gasteiger partial charge >= 0.3 is 0 Å². The number of hydrogen-bond donors (Lipinski definition) is 1. The monoisotopic (exact) mass is 347 g/mol. The molecule has 2 N–H and O–H groups in total. The highest BCUT2D eigenvalue weighted by molar-refractivity contribution is 4.83. The molecule has 3 aliphatic rings. The van der Waals surface area contributed by atoms with Crippen LogP contribution in [-0.4, -0.2) is 6.54 Å². The van der Waals surface area contributed by atoms with E-state index in [1.54, 1.807) is 32.1 Å². The molecule has 0 bridgehead atoms. The molecule has 1 heteroatoms. The summed E-state index contributed by atoms with van der Waals surface area (Å²) in [6, 6.07) is 0. The second-order valence-electron chi connectivity index (χ2n) is 10.1. The van der Waals surface area contributed by atoms with Crippen molar-refractivity contribution in [2.24, 2.45) is 41.2 Å². The lowest BCUT2D eigenvalue weighted by molar-refractivity contribution is 0.243. The molecule has 0 heterocycles. The van der Waals surface area contributed by atoms with Crippen molar-refractivity contribution in [1.29, 1.82) is 0 Å². The molecule has 146 valence electrons. The topological polar surface area (TPSA) is 26.0 Å². The Bertz CT molecular complexity index is 359. The minimum atomic E-state index is 0.904. The fraction of sp³-hybridized carbons (Fsp3) is 1.00. The summed E-state index contributed by atoms with van der Waals surface area (Å²) in [4.78, 5) is 0. The first-order valence-corrected chi connectivity index (χ1v) is 12.0. The van der Waals surface area contributed by atoms with E-state index in [0.29, 0.717) is 0 Å². The lowest BCUT2D eigenvalue weighted by Crippen LogP contribution is -2.17. The summed E-state index contributed by atoms with van der Waals surface area (Å²) in [5.74, 6) is 6.20. The summed E-state index contributed by atoms with van der Waals surface area (Å²) in [6.45, 7) is 3.35. The summed E-state index contributed by atoms with van der Waals surface area (Å²) in [5, 5.41) is 0. The Balaban J connectivity index is 1.31. The summed E-state index contributed by atoms with van der Waals surface area (Å²) >= 11 is 0. The van der Waals surface area contributed by atoms with Crippen molar-refractivity contribution in [1.82, 2.24) is 0 Å². The van der Waals surface area contributed by atoms with Gasteiger partial charge < -0.3 is 5.73 Å². The Hall–Kier alpha value is -0.0400. The summed E-state index contributed by atoms with van der Waals surface area (Å²) in [7, 11) is 0. The van der Waals surface area contributed by atoms with E-state index in [1.807, 2.05) is 0 Å². The van der Waals surface area contributed by atoms with E-state index in [2.05, 4.69) is 6.92 Å². The average molecular weight is 348 g/mol. The van der Waals surface area contributed by atoms with Crippen molar-refractivity contribution >= 4 is 0 Å². The fourth-order valence-electron chi connectivity index (χ4n) is 6.76. The van der Waals surface area contributed by atoms with Gasteiger partial charge in [-0.2, -0.15) is 0 Å². The van der Waals surface area contributed by atoms with Gasteiger partial charge in [-0.25, -0.2) is 0 Å². The number of unbranched alkanes of at least 4 members (excludes halogenated alkanes) is 1. The maximum atomic E-state index is 5.92. The highest BCUT2D eigenvalue weighted by atomic mass is 14.5. The van der Waals surface area contributed by atoms with Crippen molar-refractivity contribution in [3.05, 3.63) is 0 Å². The Kier molecular flexibility index (Phi) is 8.15. The Morgan fingerprint density at radius 3 is 2.36 bits per heavy atom. The molecule has 0 radical (unpaired) electrons. The maximum absolute atomic E-state index is 5.92. The predicted octanol–water partition coefficient (Wildman–Crippen LogP) is 6.94. The van der Waals surface area contributed by atoms with Crippen LogP contribution in [0.1, 0.15) is 110 Å². The zero-order chi connectivity index (χ0) is 17.5. The SMILES string of the molecule is CC1CCC(C(CCN)CCCCC2CCC(C3CCCCC3)C2)C1. The molecule has 1 nitrogen and oxygen atoms in total. The zero-order valence-corrected chi connectivity index (χ0v) is 17.1.